The lowest BCUT2D eigenvalue weighted by atomic mass is 10.1. The molecule has 0 spiro atoms. The van der Waals surface area contributed by atoms with E-state index in [2.05, 4.69) is 27.1 Å². The van der Waals surface area contributed by atoms with E-state index >= 15 is 0 Å². The van der Waals surface area contributed by atoms with Crippen LogP contribution in [0.1, 0.15) is 38.5 Å². The molecule has 0 unspecified atom stereocenters. The van der Waals surface area contributed by atoms with Crippen LogP contribution in [-0.4, -0.2) is 80.1 Å². The van der Waals surface area contributed by atoms with E-state index in [0.717, 1.165) is 39.1 Å². The molecule has 0 aliphatic carbocycles. The van der Waals surface area contributed by atoms with Crippen molar-refractivity contribution >= 4 is 11.9 Å². The van der Waals surface area contributed by atoms with Crippen molar-refractivity contribution in [1.82, 2.24) is 20.1 Å². The number of hydrogen-bond acceptors (Lipinski definition) is 5. The summed E-state index contributed by atoms with van der Waals surface area (Å²) in [4.78, 5) is 31.8. The molecule has 1 aromatic rings. The first-order valence-corrected chi connectivity index (χ1v) is 8.40. The molecular formula is C17H28N4O3. The smallest absolute Gasteiger partial charge is 0.339 e. The van der Waals surface area contributed by atoms with Gasteiger partial charge in [0, 0.05) is 38.4 Å². The van der Waals surface area contributed by atoms with Crippen LogP contribution >= 0.6 is 0 Å². The van der Waals surface area contributed by atoms with Crippen molar-refractivity contribution < 1.29 is 14.3 Å². The number of H-pyrrole nitrogens is 1. The number of carbonyl (C=O) groups is 2. The Balaban J connectivity index is 1.82. The zero-order valence-corrected chi connectivity index (χ0v) is 15.1. The summed E-state index contributed by atoms with van der Waals surface area (Å²) in [6, 6.07) is 0. The fraction of sp³-hybridized carbons (Fsp3) is 0.647. The third-order valence-corrected chi connectivity index (χ3v) is 4.59. The summed E-state index contributed by atoms with van der Waals surface area (Å²) in [6.07, 6.45) is 0.915. The molecule has 1 saturated heterocycles. The van der Waals surface area contributed by atoms with Crippen LogP contribution in [0.5, 0.6) is 0 Å². The lowest BCUT2D eigenvalue weighted by Gasteiger charge is -2.32. The van der Waals surface area contributed by atoms with E-state index in [-0.39, 0.29) is 5.91 Å². The predicted octanol–water partition coefficient (Wildman–Crippen LogP) is 0.785. The lowest BCUT2D eigenvalue weighted by molar-refractivity contribution is 0.0599. The minimum Gasteiger partial charge on any atom is -0.465 e. The largest absolute Gasteiger partial charge is 0.465 e. The highest BCUT2D eigenvalue weighted by Crippen LogP contribution is 2.18. The first kappa shape index (κ1) is 18.5. The van der Waals surface area contributed by atoms with E-state index in [0.29, 0.717) is 29.1 Å². The summed E-state index contributed by atoms with van der Waals surface area (Å²) in [5.74, 6) is -0.598. The molecule has 7 heteroatoms. The number of nitrogens with one attached hydrogen (secondary N) is 2. The standard InChI is InChI=1S/C17H28N4O3/c1-12-14(17(23)24-4)13(2)19-15(12)16(22)18-6-5-7-21-10-8-20(3)9-11-21/h19H,5-11H2,1-4H3,(H,18,22). The van der Waals surface area contributed by atoms with Crippen LogP contribution in [0.25, 0.3) is 0 Å². The van der Waals surface area contributed by atoms with Gasteiger partial charge in [0.1, 0.15) is 5.69 Å². The number of aromatic amines is 1. The van der Waals surface area contributed by atoms with E-state index in [1.807, 2.05) is 0 Å². The second-order valence-corrected chi connectivity index (χ2v) is 6.37. The Labute approximate surface area is 143 Å². The summed E-state index contributed by atoms with van der Waals surface area (Å²) in [5, 5.41) is 2.93. The van der Waals surface area contributed by atoms with Gasteiger partial charge in [0.2, 0.25) is 0 Å². The highest BCUT2D eigenvalue weighted by molar-refractivity contribution is 6.00. The monoisotopic (exact) mass is 336 g/mol. The van der Waals surface area contributed by atoms with Gasteiger partial charge >= 0.3 is 5.97 Å². The minimum absolute atomic E-state index is 0.177. The minimum atomic E-state index is -0.421. The molecule has 0 radical (unpaired) electrons. The number of ether oxygens (including phenoxy) is 1. The number of likely N-dealkylation sites (N-methyl/N-ethyl adjacent to an activating group) is 1. The molecule has 0 saturated carbocycles. The normalized spacial score (nSPS) is 16.2. The Hall–Kier alpha value is -1.86. The Morgan fingerprint density at radius 2 is 1.88 bits per heavy atom. The summed E-state index contributed by atoms with van der Waals surface area (Å²) in [6.45, 7) is 9.51. The van der Waals surface area contributed by atoms with Crippen LogP contribution in [0.4, 0.5) is 0 Å². The quantitative estimate of drug-likeness (QED) is 0.593. The second kappa shape index (κ2) is 8.30. The highest BCUT2D eigenvalue weighted by atomic mass is 16.5. The Bertz CT molecular complexity index is 589. The van der Waals surface area contributed by atoms with Crippen molar-refractivity contribution in [1.29, 1.82) is 0 Å². The van der Waals surface area contributed by atoms with Crippen LogP contribution in [0.2, 0.25) is 0 Å². The van der Waals surface area contributed by atoms with Crippen molar-refractivity contribution in [2.45, 2.75) is 20.3 Å². The van der Waals surface area contributed by atoms with Gasteiger partial charge < -0.3 is 24.8 Å². The molecule has 0 atom stereocenters. The number of nitrogens with zero attached hydrogens (tertiary/aromatic N) is 2. The topological polar surface area (TPSA) is 77.7 Å². The summed E-state index contributed by atoms with van der Waals surface area (Å²) in [7, 11) is 3.48. The number of carbonyl (C=O) groups excluding carboxylic acids is 2. The molecule has 1 aliphatic rings. The molecule has 0 bridgehead atoms. The zero-order valence-electron chi connectivity index (χ0n) is 15.1. The maximum absolute atomic E-state index is 12.3. The molecule has 134 valence electrons. The molecule has 1 amide bonds. The van der Waals surface area contributed by atoms with Gasteiger partial charge in [0.25, 0.3) is 5.91 Å². The lowest BCUT2D eigenvalue weighted by Crippen LogP contribution is -2.45. The van der Waals surface area contributed by atoms with Gasteiger partial charge in [-0.05, 0) is 39.4 Å². The third kappa shape index (κ3) is 4.36. The number of methoxy groups -OCH3 is 1. The predicted molar refractivity (Wildman–Crippen MR) is 92.5 cm³/mol. The van der Waals surface area contributed by atoms with Gasteiger partial charge in [-0.2, -0.15) is 0 Å². The van der Waals surface area contributed by atoms with Crippen LogP contribution in [0.3, 0.4) is 0 Å². The number of aromatic nitrogens is 1. The van der Waals surface area contributed by atoms with Crippen molar-refractivity contribution in [2.24, 2.45) is 0 Å². The fourth-order valence-electron chi connectivity index (χ4n) is 3.05. The van der Waals surface area contributed by atoms with Gasteiger partial charge in [0.15, 0.2) is 0 Å². The summed E-state index contributed by atoms with van der Waals surface area (Å²) in [5.41, 5.74) is 2.17. The summed E-state index contributed by atoms with van der Waals surface area (Å²) >= 11 is 0. The van der Waals surface area contributed by atoms with Crippen LogP contribution in [-0.2, 0) is 4.74 Å². The van der Waals surface area contributed by atoms with Gasteiger partial charge in [0.05, 0.1) is 12.7 Å². The highest BCUT2D eigenvalue weighted by Gasteiger charge is 2.22. The molecule has 2 heterocycles. The maximum Gasteiger partial charge on any atom is 0.339 e. The van der Waals surface area contributed by atoms with Crippen molar-refractivity contribution in [2.75, 3.05) is 53.4 Å². The van der Waals surface area contributed by atoms with E-state index in [1.165, 1.54) is 7.11 Å². The Morgan fingerprint density at radius 1 is 1.21 bits per heavy atom. The van der Waals surface area contributed by atoms with Gasteiger partial charge in [-0.1, -0.05) is 0 Å². The van der Waals surface area contributed by atoms with Crippen molar-refractivity contribution in [3.8, 4) is 0 Å². The van der Waals surface area contributed by atoms with E-state index in [9.17, 15) is 9.59 Å². The molecule has 2 N–H and O–H groups in total. The van der Waals surface area contributed by atoms with Gasteiger partial charge in [-0.15, -0.1) is 0 Å². The van der Waals surface area contributed by atoms with Crippen LogP contribution < -0.4 is 5.32 Å². The number of rotatable bonds is 6. The molecule has 24 heavy (non-hydrogen) atoms. The SMILES string of the molecule is COC(=O)c1c(C)[nH]c(C(=O)NCCCN2CCN(C)CC2)c1C. The maximum atomic E-state index is 12.3. The molecule has 1 aromatic heterocycles. The van der Waals surface area contributed by atoms with Crippen LogP contribution in [0.15, 0.2) is 0 Å². The number of amides is 1. The third-order valence-electron chi connectivity index (χ3n) is 4.59. The fourth-order valence-corrected chi connectivity index (χ4v) is 3.05. The van der Waals surface area contributed by atoms with Gasteiger partial charge in [-0.25, -0.2) is 4.79 Å². The van der Waals surface area contributed by atoms with Gasteiger partial charge in [-0.3, -0.25) is 4.79 Å². The Kier molecular flexibility index (Phi) is 6.39. The van der Waals surface area contributed by atoms with E-state index < -0.39 is 5.97 Å². The molecule has 2 rings (SSSR count). The zero-order chi connectivity index (χ0) is 17.7. The first-order chi connectivity index (χ1) is 11.4. The molecule has 0 aromatic carbocycles. The Morgan fingerprint density at radius 3 is 2.50 bits per heavy atom. The van der Waals surface area contributed by atoms with Crippen LogP contribution in [0, 0.1) is 13.8 Å². The molecule has 1 aliphatic heterocycles. The number of piperazine rings is 1. The number of esters is 1. The van der Waals surface area contributed by atoms with E-state index in [4.69, 9.17) is 4.74 Å². The molecule has 1 fully saturated rings. The van der Waals surface area contributed by atoms with Crippen molar-refractivity contribution in [3.63, 3.8) is 0 Å². The number of aryl methyl sites for hydroxylation is 1. The van der Waals surface area contributed by atoms with Crippen molar-refractivity contribution in [3.05, 3.63) is 22.5 Å². The molecular weight excluding hydrogens is 308 g/mol. The number of hydrogen-bond donors (Lipinski definition) is 2. The summed E-state index contributed by atoms with van der Waals surface area (Å²) < 4.78 is 4.76. The van der Waals surface area contributed by atoms with E-state index in [1.54, 1.807) is 13.8 Å². The average molecular weight is 336 g/mol. The second-order valence-electron chi connectivity index (χ2n) is 6.37. The molecule has 7 nitrogen and oxygen atoms in total. The first-order valence-electron chi connectivity index (χ1n) is 8.40. The average Bonchev–Trinajstić information content (AvgIpc) is 2.87.